The lowest BCUT2D eigenvalue weighted by Crippen LogP contribution is -2.25. The molecule has 2 N–H and O–H groups in total. The van der Waals surface area contributed by atoms with E-state index in [0.717, 1.165) is 5.56 Å². The van der Waals surface area contributed by atoms with Gasteiger partial charge in [-0.1, -0.05) is 41.4 Å². The van der Waals surface area contributed by atoms with Gasteiger partial charge >= 0.3 is 16.9 Å². The van der Waals surface area contributed by atoms with Crippen molar-refractivity contribution in [1.29, 1.82) is 0 Å². The zero-order valence-corrected chi connectivity index (χ0v) is 18.2. The van der Waals surface area contributed by atoms with Gasteiger partial charge < -0.3 is 14.5 Å². The van der Waals surface area contributed by atoms with Crippen LogP contribution in [0.15, 0.2) is 46.0 Å². The molecule has 0 radical (unpaired) electrons. The molecular formula is C21H17Cl2N3O6. The summed E-state index contributed by atoms with van der Waals surface area (Å²) in [5.74, 6) is 0.925. The van der Waals surface area contributed by atoms with Crippen LogP contribution >= 0.6 is 23.2 Å². The van der Waals surface area contributed by atoms with Crippen molar-refractivity contribution < 1.29 is 14.4 Å². The molecule has 0 saturated carbocycles. The van der Waals surface area contributed by atoms with Crippen molar-refractivity contribution in [2.75, 3.05) is 6.61 Å². The van der Waals surface area contributed by atoms with E-state index in [4.69, 9.17) is 32.7 Å². The van der Waals surface area contributed by atoms with Crippen molar-refractivity contribution in [2.24, 2.45) is 0 Å². The second kappa shape index (κ2) is 10.2. The Morgan fingerprint density at radius 1 is 1.00 bits per heavy atom. The van der Waals surface area contributed by atoms with Crippen LogP contribution in [0, 0.1) is 10.1 Å². The highest BCUT2D eigenvalue weighted by Gasteiger charge is 2.18. The van der Waals surface area contributed by atoms with E-state index in [1.807, 2.05) is 11.9 Å². The molecule has 0 aliphatic heterocycles. The fourth-order valence-electron chi connectivity index (χ4n) is 2.79. The average Bonchev–Trinajstić information content (AvgIpc) is 2.73. The van der Waals surface area contributed by atoms with Gasteiger partial charge in [0.1, 0.15) is 12.3 Å². The normalized spacial score (nSPS) is 11.0. The van der Waals surface area contributed by atoms with Gasteiger partial charge in [-0.25, -0.2) is 4.79 Å². The zero-order chi connectivity index (χ0) is 23.3. The number of benzene rings is 2. The van der Waals surface area contributed by atoms with Gasteiger partial charge in [-0.3, -0.25) is 19.9 Å². The summed E-state index contributed by atoms with van der Waals surface area (Å²) in [5.41, 5.74) is -1.49. The Balaban J connectivity index is 1.86. The maximum Gasteiger partial charge on any atom is 0.357 e. The van der Waals surface area contributed by atoms with Crippen molar-refractivity contribution >= 4 is 41.0 Å². The molecule has 0 aliphatic carbocycles. The highest BCUT2D eigenvalue weighted by molar-refractivity contribution is 6.42. The number of H-pyrrole nitrogens is 2. The molecule has 0 atom stereocenters. The lowest BCUT2D eigenvalue weighted by atomic mass is 10.1. The van der Waals surface area contributed by atoms with Gasteiger partial charge in [0, 0.05) is 0 Å². The number of nitro groups is 1. The molecule has 1 heterocycles. The summed E-state index contributed by atoms with van der Waals surface area (Å²) in [7, 11) is 0. The molecule has 3 rings (SSSR count). The molecule has 0 amide bonds. The van der Waals surface area contributed by atoms with E-state index < -0.39 is 21.9 Å². The Morgan fingerprint density at radius 3 is 2.47 bits per heavy atom. The van der Waals surface area contributed by atoms with Crippen molar-refractivity contribution in [1.82, 2.24) is 9.97 Å². The van der Waals surface area contributed by atoms with E-state index in [2.05, 4.69) is 4.98 Å². The minimum absolute atomic E-state index is 0.221. The van der Waals surface area contributed by atoms with E-state index >= 15 is 0 Å². The Hall–Kier alpha value is -3.56. The lowest BCUT2D eigenvalue weighted by Gasteiger charge is -2.13. The SMILES string of the molecule is CCOc1cc(/C=C\c2[nH]c(=O)[nH]c(=O)c2[N+](=O)[O-])ccc1OCc1ccc(Cl)c(Cl)c1. The van der Waals surface area contributed by atoms with Crippen molar-refractivity contribution in [3.05, 3.63) is 94.2 Å². The predicted molar refractivity (Wildman–Crippen MR) is 122 cm³/mol. The van der Waals surface area contributed by atoms with E-state index in [9.17, 15) is 19.7 Å². The number of nitrogens with one attached hydrogen (secondary N) is 2. The van der Waals surface area contributed by atoms with E-state index in [-0.39, 0.29) is 12.3 Å². The van der Waals surface area contributed by atoms with Gasteiger partial charge in [-0.2, -0.15) is 0 Å². The summed E-state index contributed by atoms with van der Waals surface area (Å²) in [4.78, 5) is 37.6. The third kappa shape index (κ3) is 5.57. The molecule has 0 fully saturated rings. The minimum Gasteiger partial charge on any atom is -0.490 e. The third-order valence-corrected chi connectivity index (χ3v) is 4.96. The van der Waals surface area contributed by atoms with Crippen molar-refractivity contribution in [3.8, 4) is 11.5 Å². The maximum absolute atomic E-state index is 11.7. The van der Waals surface area contributed by atoms with Crippen molar-refractivity contribution in [2.45, 2.75) is 13.5 Å². The van der Waals surface area contributed by atoms with Gasteiger partial charge in [0.2, 0.25) is 0 Å². The number of rotatable bonds is 8. The number of halogens is 2. The lowest BCUT2D eigenvalue weighted by molar-refractivity contribution is -0.386. The molecule has 32 heavy (non-hydrogen) atoms. The Labute approximate surface area is 191 Å². The summed E-state index contributed by atoms with van der Waals surface area (Å²) in [6.07, 6.45) is 2.78. The maximum atomic E-state index is 11.7. The topological polar surface area (TPSA) is 127 Å². The summed E-state index contributed by atoms with van der Waals surface area (Å²) >= 11 is 12.0. The van der Waals surface area contributed by atoms with Gasteiger partial charge in [0.05, 0.1) is 21.6 Å². The highest BCUT2D eigenvalue weighted by Crippen LogP contribution is 2.31. The van der Waals surface area contributed by atoms with Crippen LogP contribution in [0.4, 0.5) is 5.69 Å². The summed E-state index contributed by atoms with van der Waals surface area (Å²) in [6.45, 7) is 2.42. The third-order valence-electron chi connectivity index (χ3n) is 4.22. The number of aromatic amines is 2. The molecule has 3 aromatic rings. The largest absolute Gasteiger partial charge is 0.490 e. The average molecular weight is 478 g/mol. The van der Waals surface area contributed by atoms with E-state index in [1.54, 1.807) is 36.4 Å². The number of nitrogens with zero attached hydrogens (tertiary/aromatic N) is 1. The molecule has 0 aliphatic rings. The van der Waals surface area contributed by atoms with Gasteiger partial charge in [-0.15, -0.1) is 0 Å². The zero-order valence-electron chi connectivity index (χ0n) is 16.7. The second-order valence-electron chi connectivity index (χ2n) is 6.44. The molecule has 0 unspecified atom stereocenters. The van der Waals surface area contributed by atoms with Crippen LogP contribution in [-0.2, 0) is 6.61 Å². The molecule has 11 heteroatoms. The molecule has 0 saturated heterocycles. The van der Waals surface area contributed by atoms with Crippen LogP contribution in [0.2, 0.25) is 10.0 Å². The first kappa shape index (κ1) is 23.1. The molecule has 166 valence electrons. The number of hydrogen-bond acceptors (Lipinski definition) is 6. The van der Waals surface area contributed by atoms with Crippen LogP contribution in [0.25, 0.3) is 12.2 Å². The smallest absolute Gasteiger partial charge is 0.357 e. The summed E-state index contributed by atoms with van der Waals surface area (Å²) in [5, 5.41) is 12.0. The van der Waals surface area contributed by atoms with Crippen LogP contribution in [0.3, 0.4) is 0 Å². The number of ether oxygens (including phenoxy) is 2. The van der Waals surface area contributed by atoms with Crippen LogP contribution in [0.1, 0.15) is 23.7 Å². The van der Waals surface area contributed by atoms with Gasteiger partial charge in [-0.05, 0) is 48.4 Å². The first-order valence-corrected chi connectivity index (χ1v) is 10.1. The predicted octanol–water partition coefficient (Wildman–Crippen LogP) is 4.43. The fraction of sp³-hybridized carbons (Fsp3) is 0.143. The van der Waals surface area contributed by atoms with Gasteiger partial charge in [0.25, 0.3) is 0 Å². The van der Waals surface area contributed by atoms with Crippen LogP contribution in [-0.4, -0.2) is 21.5 Å². The quantitative estimate of drug-likeness (QED) is 0.364. The van der Waals surface area contributed by atoms with E-state index in [1.165, 1.54) is 12.2 Å². The second-order valence-corrected chi connectivity index (χ2v) is 7.25. The Kier molecular flexibility index (Phi) is 7.34. The number of aromatic nitrogens is 2. The first-order chi connectivity index (χ1) is 15.3. The highest BCUT2D eigenvalue weighted by atomic mass is 35.5. The van der Waals surface area contributed by atoms with Gasteiger partial charge in [0.15, 0.2) is 11.5 Å². The first-order valence-electron chi connectivity index (χ1n) is 9.31. The molecule has 0 bridgehead atoms. The fourth-order valence-corrected chi connectivity index (χ4v) is 3.11. The van der Waals surface area contributed by atoms with Crippen LogP contribution in [0.5, 0.6) is 11.5 Å². The standard InChI is InChI=1S/C21H17Cl2N3O6/c1-2-31-18-10-12(4-7-16-19(26(29)30)20(27)25-21(28)24-16)5-8-17(18)32-11-13-3-6-14(22)15(23)9-13/h3-10H,2,11H2,1H3,(H2,24,25,27,28)/b7-4-. The molecule has 9 nitrogen and oxygen atoms in total. The summed E-state index contributed by atoms with van der Waals surface area (Å²) < 4.78 is 11.5. The summed E-state index contributed by atoms with van der Waals surface area (Å²) in [6, 6.07) is 10.2. The monoisotopic (exact) mass is 477 g/mol. The molecule has 1 aromatic heterocycles. The number of hydrogen-bond donors (Lipinski definition) is 2. The minimum atomic E-state index is -1.08. The Bertz CT molecular complexity index is 1300. The molecular weight excluding hydrogens is 461 g/mol. The molecule has 0 spiro atoms. The Morgan fingerprint density at radius 2 is 1.78 bits per heavy atom. The van der Waals surface area contributed by atoms with E-state index in [0.29, 0.717) is 33.7 Å². The van der Waals surface area contributed by atoms with Crippen molar-refractivity contribution in [3.63, 3.8) is 0 Å². The van der Waals surface area contributed by atoms with Crippen LogP contribution < -0.4 is 20.7 Å². The molecule has 2 aromatic carbocycles.